The number of rotatable bonds is 5. The predicted octanol–water partition coefficient (Wildman–Crippen LogP) is 1.91. The molecule has 1 fully saturated rings. The number of alkyl halides is 3. The van der Waals surface area contributed by atoms with Crippen molar-refractivity contribution in [3.05, 3.63) is 0 Å². The van der Waals surface area contributed by atoms with Gasteiger partial charge in [0, 0.05) is 19.1 Å². The fourth-order valence-corrected chi connectivity index (χ4v) is 2.36. The lowest BCUT2D eigenvalue weighted by Gasteiger charge is -2.25. The summed E-state index contributed by atoms with van der Waals surface area (Å²) in [5, 5.41) is 11.6. The van der Waals surface area contributed by atoms with Gasteiger partial charge in [0.25, 0.3) is 0 Å². The Bertz CT molecular complexity index is 406. The van der Waals surface area contributed by atoms with Crippen molar-refractivity contribution in [2.75, 3.05) is 13.1 Å². The van der Waals surface area contributed by atoms with Crippen LogP contribution < -0.4 is 5.32 Å². The number of hydrogen-bond donors (Lipinski definition) is 2. The fraction of sp³-hybridized carbons (Fsp3) is 0.846. The van der Waals surface area contributed by atoms with E-state index in [0.29, 0.717) is 6.42 Å². The number of carboxylic acid groups (broad SMARTS) is 1. The molecule has 0 radical (unpaired) electrons. The summed E-state index contributed by atoms with van der Waals surface area (Å²) in [6.45, 7) is 4.44. The maximum Gasteiger partial charge on any atom is 0.393 e. The third-order valence-electron chi connectivity index (χ3n) is 4.01. The van der Waals surface area contributed by atoms with Crippen molar-refractivity contribution in [2.24, 2.45) is 11.8 Å². The molecule has 22 heavy (non-hydrogen) atoms. The molecule has 1 aliphatic rings. The molecule has 1 rings (SSSR count). The number of amides is 1. The van der Waals surface area contributed by atoms with Crippen molar-refractivity contribution in [1.82, 2.24) is 10.2 Å². The van der Waals surface area contributed by atoms with Crippen molar-refractivity contribution in [3.8, 4) is 0 Å². The topological polar surface area (TPSA) is 69.6 Å². The predicted molar refractivity (Wildman–Crippen MR) is 76.8 cm³/mol. The van der Waals surface area contributed by atoms with E-state index in [-0.39, 0.29) is 30.9 Å². The molecule has 0 spiro atoms. The molecule has 0 aromatic rings. The molecule has 1 heterocycles. The van der Waals surface area contributed by atoms with Crippen LogP contribution >= 0.6 is 12.4 Å². The zero-order chi connectivity index (χ0) is 16.4. The summed E-state index contributed by atoms with van der Waals surface area (Å²) in [5.41, 5.74) is 0. The molecular weight excluding hydrogens is 325 g/mol. The average molecular weight is 347 g/mol. The summed E-state index contributed by atoms with van der Waals surface area (Å²) in [6, 6.07) is -0.857. The van der Waals surface area contributed by atoms with Gasteiger partial charge in [-0.15, -0.1) is 12.4 Å². The first kappa shape index (κ1) is 21.0. The monoisotopic (exact) mass is 346 g/mol. The van der Waals surface area contributed by atoms with Crippen molar-refractivity contribution >= 4 is 24.3 Å². The van der Waals surface area contributed by atoms with E-state index < -0.39 is 36.6 Å². The van der Waals surface area contributed by atoms with E-state index in [1.807, 2.05) is 6.92 Å². The lowest BCUT2D eigenvalue weighted by Crippen LogP contribution is -2.47. The van der Waals surface area contributed by atoms with Crippen LogP contribution in [0.5, 0.6) is 0 Å². The summed E-state index contributed by atoms with van der Waals surface area (Å²) in [7, 11) is 0. The van der Waals surface area contributed by atoms with E-state index in [1.165, 1.54) is 11.8 Å². The van der Waals surface area contributed by atoms with E-state index >= 15 is 0 Å². The van der Waals surface area contributed by atoms with Gasteiger partial charge in [-0.3, -0.25) is 14.5 Å². The molecular formula is C13H22ClF3N2O3. The number of carbonyl (C=O) groups excluding carboxylic acids is 1. The second kappa shape index (κ2) is 8.01. The van der Waals surface area contributed by atoms with E-state index in [1.54, 1.807) is 6.92 Å². The molecule has 9 heteroatoms. The minimum Gasteiger partial charge on any atom is -0.481 e. The first-order chi connectivity index (χ1) is 9.57. The quantitative estimate of drug-likeness (QED) is 0.798. The fourth-order valence-electron chi connectivity index (χ4n) is 2.36. The van der Waals surface area contributed by atoms with Crippen molar-refractivity contribution in [2.45, 2.75) is 45.5 Å². The highest BCUT2D eigenvalue weighted by Crippen LogP contribution is 2.38. The van der Waals surface area contributed by atoms with E-state index in [0.717, 1.165) is 0 Å². The largest absolute Gasteiger partial charge is 0.481 e. The molecule has 2 unspecified atom stereocenters. The van der Waals surface area contributed by atoms with Crippen molar-refractivity contribution < 1.29 is 27.9 Å². The Morgan fingerprint density at radius 2 is 1.86 bits per heavy atom. The standard InChI is InChI=1S/C13H21F3N2O3.ClH/c1-4-7(2)17-11(19)8(3)18-5-9(12(20)21)10(6-18)13(14,15)16;/h7-10H,4-6H2,1-3H3,(H,17,19)(H,20,21);1H/t7?,8?,9-,10-;/m1./s1. The molecule has 1 saturated heterocycles. The Labute approximate surface area is 133 Å². The van der Waals surface area contributed by atoms with Gasteiger partial charge in [0.2, 0.25) is 5.91 Å². The summed E-state index contributed by atoms with van der Waals surface area (Å²) in [6.07, 6.45) is -3.87. The van der Waals surface area contributed by atoms with E-state index in [4.69, 9.17) is 5.11 Å². The van der Waals surface area contributed by atoms with Crippen LogP contribution in [0, 0.1) is 11.8 Å². The number of carbonyl (C=O) groups is 2. The zero-order valence-corrected chi connectivity index (χ0v) is 13.5. The van der Waals surface area contributed by atoms with Gasteiger partial charge in [0.05, 0.1) is 17.9 Å². The third kappa shape index (κ3) is 5.01. The first-order valence-corrected chi connectivity index (χ1v) is 6.91. The number of halogens is 4. The van der Waals surface area contributed by atoms with Crippen LogP contribution in [0.4, 0.5) is 13.2 Å². The van der Waals surface area contributed by atoms with Gasteiger partial charge in [-0.25, -0.2) is 0 Å². The van der Waals surface area contributed by atoms with Crippen LogP contribution in [0.15, 0.2) is 0 Å². The van der Waals surface area contributed by atoms with Crippen LogP contribution in [0.2, 0.25) is 0 Å². The van der Waals surface area contributed by atoms with Gasteiger partial charge in [-0.2, -0.15) is 13.2 Å². The first-order valence-electron chi connectivity index (χ1n) is 6.91. The highest BCUT2D eigenvalue weighted by atomic mass is 35.5. The highest BCUT2D eigenvalue weighted by Gasteiger charge is 2.53. The molecule has 0 saturated carbocycles. The van der Waals surface area contributed by atoms with Gasteiger partial charge in [-0.05, 0) is 20.3 Å². The average Bonchev–Trinajstić information content (AvgIpc) is 2.82. The van der Waals surface area contributed by atoms with Gasteiger partial charge in [0.1, 0.15) is 0 Å². The molecule has 2 N–H and O–H groups in total. The van der Waals surface area contributed by atoms with Gasteiger partial charge in [-0.1, -0.05) is 6.92 Å². The molecule has 0 aromatic heterocycles. The summed E-state index contributed by atoms with van der Waals surface area (Å²) in [4.78, 5) is 24.2. The lowest BCUT2D eigenvalue weighted by molar-refractivity contribution is -0.188. The Morgan fingerprint density at radius 1 is 1.32 bits per heavy atom. The highest BCUT2D eigenvalue weighted by molar-refractivity contribution is 5.85. The molecule has 5 nitrogen and oxygen atoms in total. The number of nitrogens with one attached hydrogen (secondary N) is 1. The van der Waals surface area contributed by atoms with Crippen LogP contribution in [-0.4, -0.2) is 53.2 Å². The summed E-state index contributed by atoms with van der Waals surface area (Å²) < 4.78 is 38.6. The molecule has 0 bridgehead atoms. The van der Waals surface area contributed by atoms with Crippen LogP contribution in [0.3, 0.4) is 0 Å². The summed E-state index contributed by atoms with van der Waals surface area (Å²) >= 11 is 0. The molecule has 130 valence electrons. The number of carboxylic acids is 1. The van der Waals surface area contributed by atoms with E-state index in [9.17, 15) is 22.8 Å². The van der Waals surface area contributed by atoms with E-state index in [2.05, 4.69) is 5.32 Å². The Morgan fingerprint density at radius 3 is 2.23 bits per heavy atom. The maximum absolute atomic E-state index is 12.9. The van der Waals surface area contributed by atoms with Crippen LogP contribution in [0.1, 0.15) is 27.2 Å². The smallest absolute Gasteiger partial charge is 0.393 e. The lowest BCUT2D eigenvalue weighted by atomic mass is 9.96. The maximum atomic E-state index is 12.9. The van der Waals surface area contributed by atoms with Crippen LogP contribution in [-0.2, 0) is 9.59 Å². The third-order valence-corrected chi connectivity index (χ3v) is 4.01. The summed E-state index contributed by atoms with van der Waals surface area (Å²) in [5.74, 6) is -5.32. The minimum absolute atomic E-state index is 0. The second-order valence-electron chi connectivity index (χ2n) is 5.54. The molecule has 1 amide bonds. The normalized spacial score (nSPS) is 25.2. The van der Waals surface area contributed by atoms with Crippen molar-refractivity contribution in [3.63, 3.8) is 0 Å². The SMILES string of the molecule is CCC(C)NC(=O)C(C)N1C[C@@H](C(F)(F)F)[C@H](C(=O)O)C1.Cl. The van der Waals surface area contributed by atoms with Gasteiger partial charge >= 0.3 is 12.1 Å². The molecule has 0 aliphatic carbocycles. The minimum atomic E-state index is -4.58. The molecule has 0 aromatic carbocycles. The van der Waals surface area contributed by atoms with Gasteiger partial charge < -0.3 is 10.4 Å². The molecule has 4 atom stereocenters. The molecule has 1 aliphatic heterocycles. The Balaban J connectivity index is 0.00000441. The van der Waals surface area contributed by atoms with Crippen LogP contribution in [0.25, 0.3) is 0 Å². The number of likely N-dealkylation sites (tertiary alicyclic amines) is 1. The number of nitrogens with zero attached hydrogens (tertiary/aromatic N) is 1. The number of aliphatic carboxylic acids is 1. The Hall–Kier alpha value is -1.02. The zero-order valence-electron chi connectivity index (χ0n) is 12.7. The number of hydrogen-bond acceptors (Lipinski definition) is 3. The second-order valence-corrected chi connectivity index (χ2v) is 5.54. The Kier molecular flexibility index (Phi) is 7.64. The van der Waals surface area contributed by atoms with Crippen molar-refractivity contribution in [1.29, 1.82) is 0 Å². The van der Waals surface area contributed by atoms with Gasteiger partial charge in [0.15, 0.2) is 0 Å².